The molecule has 4 rings (SSSR count). The van der Waals surface area contributed by atoms with Crippen LogP contribution in [0.15, 0.2) is 59.1 Å². The number of nitrogens with zero attached hydrogens (tertiary/aromatic N) is 3. The van der Waals surface area contributed by atoms with Crippen LogP contribution in [0.3, 0.4) is 0 Å². The van der Waals surface area contributed by atoms with E-state index in [1.807, 2.05) is 6.07 Å². The maximum Gasteiger partial charge on any atom is 0.269 e. The van der Waals surface area contributed by atoms with E-state index in [4.69, 9.17) is 5.73 Å². The first-order chi connectivity index (χ1) is 15.1. The molecule has 0 fully saturated rings. The third-order valence-electron chi connectivity index (χ3n) is 5.88. The third-order valence-corrected chi connectivity index (χ3v) is 7.46. The molecular formula is C24H24N4O3S. The van der Waals surface area contributed by atoms with Crippen LogP contribution >= 0.6 is 11.3 Å². The molecule has 2 N–H and O–H groups in total. The van der Waals surface area contributed by atoms with E-state index in [9.17, 15) is 20.2 Å². The number of nitrogens with two attached hydrogens (primary N) is 1. The number of nitro groups is 1. The van der Waals surface area contributed by atoms with E-state index >= 15 is 0 Å². The predicted molar refractivity (Wildman–Crippen MR) is 124 cm³/mol. The number of thiophene rings is 1. The van der Waals surface area contributed by atoms with Crippen LogP contribution < -0.4 is 10.6 Å². The van der Waals surface area contributed by atoms with E-state index in [2.05, 4.69) is 32.9 Å². The minimum absolute atomic E-state index is 0.0223. The molecule has 0 spiro atoms. The number of ketones is 1. The first-order valence-electron chi connectivity index (χ1n) is 10.4. The lowest BCUT2D eigenvalue weighted by Crippen LogP contribution is -2.38. The fourth-order valence-corrected chi connectivity index (χ4v) is 5.49. The molecule has 0 saturated carbocycles. The van der Waals surface area contributed by atoms with E-state index in [1.165, 1.54) is 17.0 Å². The second kappa shape index (κ2) is 7.92. The average Bonchev–Trinajstić information content (AvgIpc) is 3.24. The Labute approximate surface area is 190 Å². The molecule has 0 radical (unpaired) electrons. The van der Waals surface area contributed by atoms with Crippen LogP contribution in [0.25, 0.3) is 0 Å². The van der Waals surface area contributed by atoms with Crippen LogP contribution in [-0.4, -0.2) is 10.7 Å². The van der Waals surface area contributed by atoms with Crippen molar-refractivity contribution >= 4 is 28.5 Å². The first kappa shape index (κ1) is 21.8. The Balaban J connectivity index is 1.90. The van der Waals surface area contributed by atoms with E-state index in [-0.39, 0.29) is 22.7 Å². The summed E-state index contributed by atoms with van der Waals surface area (Å²) in [7, 11) is 0. The van der Waals surface area contributed by atoms with Gasteiger partial charge < -0.3 is 5.73 Å². The molecule has 1 aliphatic heterocycles. The Bertz CT molecular complexity index is 1210. The molecule has 2 heterocycles. The van der Waals surface area contributed by atoms with Gasteiger partial charge in [-0.05, 0) is 42.5 Å². The van der Waals surface area contributed by atoms with Crippen molar-refractivity contribution in [2.75, 3.05) is 4.90 Å². The first-order valence-corrected chi connectivity index (χ1v) is 11.3. The lowest BCUT2D eigenvalue weighted by molar-refractivity contribution is -0.384. The molecule has 2 aromatic rings. The summed E-state index contributed by atoms with van der Waals surface area (Å²) in [6, 6.07) is 12.3. The maximum absolute atomic E-state index is 13.2. The van der Waals surface area contributed by atoms with Gasteiger partial charge in [0.25, 0.3) is 5.69 Å². The second-order valence-corrected chi connectivity index (χ2v) is 10.2. The zero-order valence-corrected chi connectivity index (χ0v) is 19.0. The normalized spacial score (nSPS) is 19.1. The molecular weight excluding hydrogens is 424 g/mol. The number of allylic oxidation sites excluding steroid dienone is 3. The Morgan fingerprint density at radius 2 is 1.88 bits per heavy atom. The number of nitriles is 1. The molecule has 8 heteroatoms. The molecule has 164 valence electrons. The molecule has 0 bridgehead atoms. The molecule has 1 aromatic carbocycles. The zero-order chi connectivity index (χ0) is 23.2. The summed E-state index contributed by atoms with van der Waals surface area (Å²) in [5.74, 6) is -0.196. The van der Waals surface area contributed by atoms with Crippen LogP contribution in [0.5, 0.6) is 0 Å². The molecule has 32 heavy (non-hydrogen) atoms. The number of benzene rings is 1. The van der Waals surface area contributed by atoms with Crippen molar-refractivity contribution in [3.05, 3.63) is 78.9 Å². The number of anilines is 1. The van der Waals surface area contributed by atoms with Crippen LogP contribution in [0.2, 0.25) is 0 Å². The quantitative estimate of drug-likeness (QED) is 0.506. The molecule has 2 aliphatic rings. The topological polar surface area (TPSA) is 113 Å². The van der Waals surface area contributed by atoms with E-state index in [0.29, 0.717) is 36.1 Å². The summed E-state index contributed by atoms with van der Waals surface area (Å²) in [6.45, 7) is 6.39. The van der Waals surface area contributed by atoms with E-state index < -0.39 is 10.8 Å². The summed E-state index contributed by atoms with van der Waals surface area (Å²) in [5, 5.41) is 21.1. The Morgan fingerprint density at radius 3 is 2.44 bits per heavy atom. The van der Waals surface area contributed by atoms with Crippen molar-refractivity contribution in [3.8, 4) is 6.07 Å². The van der Waals surface area contributed by atoms with Gasteiger partial charge in [0.15, 0.2) is 5.78 Å². The molecule has 1 atom stereocenters. The number of nitro benzene ring substituents is 1. The molecule has 0 amide bonds. The maximum atomic E-state index is 13.2. The number of hydrogen-bond donors (Lipinski definition) is 1. The monoisotopic (exact) mass is 448 g/mol. The fraction of sp³-hybridized carbons (Fsp3) is 0.333. The van der Waals surface area contributed by atoms with Gasteiger partial charge in [-0.2, -0.15) is 5.26 Å². The summed E-state index contributed by atoms with van der Waals surface area (Å²) in [6.07, 6.45) is 1.77. The lowest BCUT2D eigenvalue weighted by atomic mass is 9.78. The Kier molecular flexibility index (Phi) is 5.39. The number of carbonyl (C=O) groups excluding carboxylic acids is 1. The van der Waals surface area contributed by atoms with Gasteiger partial charge in [-0.3, -0.25) is 19.8 Å². The summed E-state index contributed by atoms with van der Waals surface area (Å²) in [5.41, 5.74) is 8.79. The predicted octanol–water partition coefficient (Wildman–Crippen LogP) is 5.26. The van der Waals surface area contributed by atoms with Gasteiger partial charge in [-0.1, -0.05) is 20.8 Å². The lowest BCUT2D eigenvalue weighted by Gasteiger charge is -2.39. The van der Waals surface area contributed by atoms with Crippen molar-refractivity contribution < 1.29 is 9.72 Å². The van der Waals surface area contributed by atoms with Gasteiger partial charge >= 0.3 is 0 Å². The molecule has 1 aliphatic carbocycles. The average molecular weight is 449 g/mol. The number of carbonyl (C=O) groups is 1. The molecule has 7 nitrogen and oxygen atoms in total. The number of Topliss-reactive ketones (excluding diaryl/α,β-unsaturated/α-hetero) is 1. The van der Waals surface area contributed by atoms with Crippen molar-refractivity contribution in [1.82, 2.24) is 0 Å². The van der Waals surface area contributed by atoms with Crippen molar-refractivity contribution in [2.24, 2.45) is 5.73 Å². The summed E-state index contributed by atoms with van der Waals surface area (Å²) in [4.78, 5) is 27.6. The fourth-order valence-electron chi connectivity index (χ4n) is 4.30. The molecule has 1 aromatic heterocycles. The van der Waals surface area contributed by atoms with Gasteiger partial charge in [-0.15, -0.1) is 11.3 Å². The van der Waals surface area contributed by atoms with Gasteiger partial charge in [-0.25, -0.2) is 0 Å². The van der Waals surface area contributed by atoms with Gasteiger partial charge in [0.05, 0.1) is 22.5 Å². The third kappa shape index (κ3) is 3.59. The number of rotatable bonds is 3. The van der Waals surface area contributed by atoms with E-state index in [0.717, 1.165) is 10.6 Å². The highest BCUT2D eigenvalue weighted by atomic mass is 32.1. The van der Waals surface area contributed by atoms with Gasteiger partial charge in [0.2, 0.25) is 0 Å². The number of hydrogen-bond acceptors (Lipinski definition) is 7. The minimum Gasteiger partial charge on any atom is -0.384 e. The van der Waals surface area contributed by atoms with E-state index in [1.54, 1.807) is 28.4 Å². The highest BCUT2D eigenvalue weighted by molar-refractivity contribution is 7.12. The largest absolute Gasteiger partial charge is 0.384 e. The van der Waals surface area contributed by atoms with Crippen LogP contribution in [0.1, 0.15) is 55.7 Å². The SMILES string of the molecule is CC(C)(C)c1ccc([C@H]2C(C#N)=C(N)N(c3ccc([N+](=O)[O-])cc3)C3=C2C(=O)CCC3)s1. The Morgan fingerprint density at radius 1 is 1.19 bits per heavy atom. The standard InChI is InChI=1S/C24H24N4O3S/c1-24(2,3)20-12-11-19(32-20)21-16(13-25)23(26)27(17-5-4-6-18(29)22(17)21)14-7-9-15(10-8-14)28(30)31/h7-12,21H,4-6,26H2,1-3H3/t21-/m1/s1. The van der Waals surface area contributed by atoms with Crippen molar-refractivity contribution in [3.63, 3.8) is 0 Å². The molecule has 0 saturated heterocycles. The van der Waals surface area contributed by atoms with Crippen LogP contribution in [-0.2, 0) is 10.2 Å². The minimum atomic E-state index is -0.488. The van der Waals surface area contributed by atoms with Crippen LogP contribution in [0.4, 0.5) is 11.4 Å². The van der Waals surface area contributed by atoms with Crippen molar-refractivity contribution in [2.45, 2.75) is 51.4 Å². The van der Waals surface area contributed by atoms with Crippen molar-refractivity contribution in [1.29, 1.82) is 5.26 Å². The second-order valence-electron chi connectivity index (χ2n) is 9.04. The Hall–Kier alpha value is -3.44. The number of non-ortho nitro benzene ring substituents is 1. The highest BCUT2D eigenvalue weighted by Crippen LogP contribution is 2.48. The zero-order valence-electron chi connectivity index (χ0n) is 18.2. The van der Waals surface area contributed by atoms with Gasteiger partial charge in [0.1, 0.15) is 5.82 Å². The van der Waals surface area contributed by atoms with Gasteiger partial charge in [0, 0.05) is 45.3 Å². The van der Waals surface area contributed by atoms with Crippen LogP contribution in [0, 0.1) is 21.4 Å². The summed E-state index contributed by atoms with van der Waals surface area (Å²) < 4.78 is 0. The smallest absolute Gasteiger partial charge is 0.269 e. The highest BCUT2D eigenvalue weighted by Gasteiger charge is 2.41. The summed E-state index contributed by atoms with van der Waals surface area (Å²) >= 11 is 1.61. The molecule has 0 unspecified atom stereocenters.